The molecule has 0 saturated heterocycles. The molecule has 188 valence electrons. The van der Waals surface area contributed by atoms with Gasteiger partial charge in [0.25, 0.3) is 5.91 Å². The van der Waals surface area contributed by atoms with Crippen LogP contribution in [0.15, 0.2) is 58.4 Å². The van der Waals surface area contributed by atoms with Crippen molar-refractivity contribution in [2.24, 2.45) is 0 Å². The zero-order valence-corrected chi connectivity index (χ0v) is 21.3. The highest BCUT2D eigenvalue weighted by molar-refractivity contribution is 7.93. The average Bonchev–Trinajstić information content (AvgIpc) is 3.37. The lowest BCUT2D eigenvalue weighted by molar-refractivity contribution is -0.112. The number of aromatic nitrogens is 2. The SMILES string of the molecule is CCS(=O)(=O)c1nnc(NC(=O)C(C#N)=Cc2ccc(OCCCOc3ccccc3)c(OC)c2)s1. The first-order chi connectivity index (χ1) is 17.4. The second kappa shape index (κ2) is 12.7. The van der Waals surface area contributed by atoms with E-state index in [1.54, 1.807) is 18.2 Å². The van der Waals surface area contributed by atoms with Crippen LogP contribution < -0.4 is 19.5 Å². The van der Waals surface area contributed by atoms with Gasteiger partial charge in [-0.05, 0) is 35.9 Å². The lowest BCUT2D eigenvalue weighted by atomic mass is 10.1. The summed E-state index contributed by atoms with van der Waals surface area (Å²) in [5.41, 5.74) is 0.323. The standard InChI is InChI=1S/C24H24N4O6S2/c1-3-36(30,31)24-28-27-23(35-24)26-22(29)18(16-25)14-17-10-11-20(21(15-17)32-2)34-13-7-12-33-19-8-5-4-6-9-19/h4-6,8-11,14-15H,3,7,12-13H2,1-2H3,(H,26,27,29). The summed E-state index contributed by atoms with van der Waals surface area (Å²) in [6.07, 6.45) is 2.03. The average molecular weight is 529 g/mol. The molecule has 36 heavy (non-hydrogen) atoms. The fraction of sp³-hybridized carbons (Fsp3) is 0.250. The van der Waals surface area contributed by atoms with E-state index in [0.29, 0.717) is 36.7 Å². The van der Waals surface area contributed by atoms with Crippen LogP contribution in [-0.4, -0.2) is 50.6 Å². The van der Waals surface area contributed by atoms with Crippen LogP contribution in [0.4, 0.5) is 5.13 Å². The molecular formula is C24H24N4O6S2. The van der Waals surface area contributed by atoms with E-state index in [9.17, 15) is 18.5 Å². The van der Waals surface area contributed by atoms with Gasteiger partial charge in [0.1, 0.15) is 17.4 Å². The van der Waals surface area contributed by atoms with Crippen LogP contribution in [0.3, 0.4) is 0 Å². The number of methoxy groups -OCH3 is 1. The van der Waals surface area contributed by atoms with Gasteiger partial charge in [0.05, 0.1) is 26.1 Å². The van der Waals surface area contributed by atoms with E-state index in [1.807, 2.05) is 36.4 Å². The minimum atomic E-state index is -3.54. The molecule has 2 aromatic carbocycles. The molecule has 0 bridgehead atoms. The number of carbonyl (C=O) groups excluding carboxylic acids is 1. The maximum absolute atomic E-state index is 12.5. The van der Waals surface area contributed by atoms with Crippen molar-refractivity contribution in [3.8, 4) is 23.3 Å². The first-order valence-electron chi connectivity index (χ1n) is 10.8. The third-order valence-electron chi connectivity index (χ3n) is 4.69. The Labute approximate surface area is 213 Å². The van der Waals surface area contributed by atoms with Gasteiger partial charge in [0.15, 0.2) is 11.5 Å². The molecule has 0 aliphatic carbocycles. The molecule has 1 aromatic heterocycles. The summed E-state index contributed by atoms with van der Waals surface area (Å²) in [6, 6.07) is 16.3. The quantitative estimate of drug-likeness (QED) is 0.161. The smallest absolute Gasteiger partial charge is 0.268 e. The van der Waals surface area contributed by atoms with E-state index < -0.39 is 15.7 Å². The number of hydrogen-bond donors (Lipinski definition) is 1. The summed E-state index contributed by atoms with van der Waals surface area (Å²) < 4.78 is 40.4. The van der Waals surface area contributed by atoms with Gasteiger partial charge in [-0.15, -0.1) is 10.2 Å². The van der Waals surface area contributed by atoms with Crippen molar-refractivity contribution in [2.45, 2.75) is 17.7 Å². The third kappa shape index (κ3) is 7.27. The highest BCUT2D eigenvalue weighted by Gasteiger charge is 2.20. The van der Waals surface area contributed by atoms with Gasteiger partial charge in [-0.3, -0.25) is 10.1 Å². The second-order valence-electron chi connectivity index (χ2n) is 7.17. The first kappa shape index (κ1) is 26.7. The topological polar surface area (TPSA) is 140 Å². The van der Waals surface area contributed by atoms with Gasteiger partial charge < -0.3 is 14.2 Å². The Bertz CT molecular complexity index is 1360. The number of nitrogens with zero attached hydrogens (tertiary/aromatic N) is 3. The molecule has 3 rings (SSSR count). The van der Waals surface area contributed by atoms with E-state index in [0.717, 1.165) is 17.1 Å². The highest BCUT2D eigenvalue weighted by atomic mass is 32.2. The van der Waals surface area contributed by atoms with Crippen LogP contribution in [0, 0.1) is 11.3 Å². The van der Waals surface area contributed by atoms with Crippen molar-refractivity contribution in [2.75, 3.05) is 31.4 Å². The fourth-order valence-electron chi connectivity index (χ4n) is 2.83. The lowest BCUT2D eigenvalue weighted by Gasteiger charge is -2.12. The maximum Gasteiger partial charge on any atom is 0.268 e. The molecule has 1 N–H and O–H groups in total. The molecule has 1 heterocycles. The summed E-state index contributed by atoms with van der Waals surface area (Å²) in [5, 5.41) is 19.1. The summed E-state index contributed by atoms with van der Waals surface area (Å²) in [7, 11) is -2.05. The fourth-order valence-corrected chi connectivity index (χ4v) is 4.81. The zero-order chi connectivity index (χ0) is 26.0. The highest BCUT2D eigenvalue weighted by Crippen LogP contribution is 2.29. The Morgan fingerprint density at radius 2 is 1.86 bits per heavy atom. The van der Waals surface area contributed by atoms with E-state index in [-0.39, 0.29) is 20.8 Å². The molecule has 3 aromatic rings. The van der Waals surface area contributed by atoms with Gasteiger partial charge in [0, 0.05) is 6.42 Å². The number of carbonyl (C=O) groups is 1. The van der Waals surface area contributed by atoms with Crippen molar-refractivity contribution < 1.29 is 27.4 Å². The number of anilines is 1. The predicted octanol–water partition coefficient (Wildman–Crippen LogP) is 3.73. The Balaban J connectivity index is 1.61. The number of para-hydroxylation sites is 1. The lowest BCUT2D eigenvalue weighted by Crippen LogP contribution is -2.13. The van der Waals surface area contributed by atoms with Crippen molar-refractivity contribution in [1.29, 1.82) is 5.26 Å². The van der Waals surface area contributed by atoms with Gasteiger partial charge in [0.2, 0.25) is 19.3 Å². The van der Waals surface area contributed by atoms with Crippen LogP contribution in [0.1, 0.15) is 18.9 Å². The Morgan fingerprint density at radius 1 is 1.11 bits per heavy atom. The first-order valence-corrected chi connectivity index (χ1v) is 13.3. The number of benzene rings is 2. The van der Waals surface area contributed by atoms with Gasteiger partial charge in [-0.2, -0.15) is 5.26 Å². The molecule has 0 aliphatic heterocycles. The van der Waals surface area contributed by atoms with Crippen LogP contribution in [0.2, 0.25) is 0 Å². The molecule has 0 aliphatic rings. The van der Waals surface area contributed by atoms with Gasteiger partial charge in [-0.1, -0.05) is 42.5 Å². The Kier molecular flexibility index (Phi) is 9.38. The number of hydrogen-bond acceptors (Lipinski definition) is 10. The van der Waals surface area contributed by atoms with Crippen LogP contribution >= 0.6 is 11.3 Å². The maximum atomic E-state index is 12.5. The summed E-state index contributed by atoms with van der Waals surface area (Å²) in [4.78, 5) is 12.5. The van der Waals surface area contributed by atoms with Crippen molar-refractivity contribution in [3.63, 3.8) is 0 Å². The Hall–Kier alpha value is -3.95. The second-order valence-corrected chi connectivity index (χ2v) is 10.6. The molecule has 12 heteroatoms. The summed E-state index contributed by atoms with van der Waals surface area (Å²) in [6.45, 7) is 2.38. The van der Waals surface area contributed by atoms with Crippen LogP contribution in [-0.2, 0) is 14.6 Å². The number of amides is 1. The van der Waals surface area contributed by atoms with E-state index in [2.05, 4.69) is 15.5 Å². The normalized spacial score (nSPS) is 11.4. The Morgan fingerprint density at radius 3 is 2.56 bits per heavy atom. The number of sulfone groups is 1. The van der Waals surface area contributed by atoms with Crippen molar-refractivity contribution in [1.82, 2.24) is 10.2 Å². The zero-order valence-electron chi connectivity index (χ0n) is 19.6. The van der Waals surface area contributed by atoms with Crippen molar-refractivity contribution >= 4 is 38.3 Å². The van der Waals surface area contributed by atoms with Gasteiger partial charge >= 0.3 is 0 Å². The molecular weight excluding hydrogens is 504 g/mol. The van der Waals surface area contributed by atoms with Crippen molar-refractivity contribution in [3.05, 3.63) is 59.7 Å². The third-order valence-corrected chi connectivity index (χ3v) is 7.71. The molecule has 0 fully saturated rings. The molecule has 0 radical (unpaired) electrons. The van der Waals surface area contributed by atoms with Crippen LogP contribution in [0.5, 0.6) is 17.2 Å². The monoisotopic (exact) mass is 528 g/mol. The van der Waals surface area contributed by atoms with Gasteiger partial charge in [-0.25, -0.2) is 8.42 Å². The number of nitriles is 1. The predicted molar refractivity (Wildman–Crippen MR) is 135 cm³/mol. The minimum Gasteiger partial charge on any atom is -0.493 e. The molecule has 0 unspecified atom stereocenters. The molecule has 0 saturated carbocycles. The number of rotatable bonds is 12. The molecule has 0 spiro atoms. The molecule has 1 amide bonds. The summed E-state index contributed by atoms with van der Waals surface area (Å²) >= 11 is 0.720. The van der Waals surface area contributed by atoms with E-state index in [1.165, 1.54) is 20.1 Å². The molecule has 10 nitrogen and oxygen atoms in total. The number of nitrogens with one attached hydrogen (secondary N) is 1. The van der Waals surface area contributed by atoms with Crippen LogP contribution in [0.25, 0.3) is 6.08 Å². The summed E-state index contributed by atoms with van der Waals surface area (Å²) in [5.74, 6) is 0.856. The largest absolute Gasteiger partial charge is 0.493 e. The molecule has 0 atom stereocenters. The van der Waals surface area contributed by atoms with E-state index >= 15 is 0 Å². The number of ether oxygens (including phenoxy) is 3. The van der Waals surface area contributed by atoms with E-state index in [4.69, 9.17) is 14.2 Å². The minimum absolute atomic E-state index is 0.0225.